The minimum Gasteiger partial charge on any atom is -0.287 e. The molecule has 0 fully saturated rings. The summed E-state index contributed by atoms with van der Waals surface area (Å²) in [5, 5.41) is 0.646. The molecule has 2 aromatic heterocycles. The van der Waals surface area contributed by atoms with Gasteiger partial charge in [0, 0.05) is 22.8 Å². The van der Waals surface area contributed by atoms with E-state index in [1.165, 1.54) is 0 Å². The molecule has 0 spiro atoms. The van der Waals surface area contributed by atoms with E-state index in [1.54, 1.807) is 16.8 Å². The SMILES string of the molecule is Cc1cc(Cl)ccc1-c1nc2cccnc2n(C(C)C)c1=O. The monoisotopic (exact) mass is 313 g/mol. The molecule has 0 atom stereocenters. The Morgan fingerprint density at radius 2 is 2.00 bits per heavy atom. The van der Waals surface area contributed by atoms with Crippen LogP contribution in [0, 0.1) is 6.92 Å². The van der Waals surface area contributed by atoms with Crippen LogP contribution in [-0.4, -0.2) is 14.5 Å². The molecule has 0 unspecified atom stereocenters. The lowest BCUT2D eigenvalue weighted by molar-refractivity contribution is 0.593. The molecule has 0 saturated carbocycles. The topological polar surface area (TPSA) is 47.8 Å². The van der Waals surface area contributed by atoms with Gasteiger partial charge in [-0.15, -0.1) is 0 Å². The van der Waals surface area contributed by atoms with Gasteiger partial charge in [-0.3, -0.25) is 9.36 Å². The van der Waals surface area contributed by atoms with Crippen molar-refractivity contribution in [1.29, 1.82) is 0 Å². The second-order valence-electron chi connectivity index (χ2n) is 5.53. The van der Waals surface area contributed by atoms with Gasteiger partial charge in [-0.2, -0.15) is 0 Å². The lowest BCUT2D eigenvalue weighted by atomic mass is 10.1. The minimum atomic E-state index is -0.133. The van der Waals surface area contributed by atoms with Crippen LogP contribution in [0.15, 0.2) is 41.3 Å². The molecule has 4 nitrogen and oxygen atoms in total. The summed E-state index contributed by atoms with van der Waals surface area (Å²) >= 11 is 6.01. The van der Waals surface area contributed by atoms with Gasteiger partial charge in [0.1, 0.15) is 11.2 Å². The minimum absolute atomic E-state index is 0.000689. The Hall–Kier alpha value is -2.20. The van der Waals surface area contributed by atoms with E-state index >= 15 is 0 Å². The summed E-state index contributed by atoms with van der Waals surface area (Å²) in [6, 6.07) is 9.15. The Morgan fingerprint density at radius 1 is 1.23 bits per heavy atom. The van der Waals surface area contributed by atoms with E-state index in [0.29, 0.717) is 21.9 Å². The van der Waals surface area contributed by atoms with E-state index in [4.69, 9.17) is 11.6 Å². The van der Waals surface area contributed by atoms with E-state index in [0.717, 1.165) is 11.1 Å². The van der Waals surface area contributed by atoms with Gasteiger partial charge < -0.3 is 0 Å². The normalized spacial score (nSPS) is 11.3. The smallest absolute Gasteiger partial charge is 0.278 e. The van der Waals surface area contributed by atoms with Crippen LogP contribution in [0.3, 0.4) is 0 Å². The van der Waals surface area contributed by atoms with Crippen LogP contribution in [0.5, 0.6) is 0 Å². The first kappa shape index (κ1) is 14.7. The average molecular weight is 314 g/mol. The maximum absolute atomic E-state index is 12.9. The molecule has 2 heterocycles. The van der Waals surface area contributed by atoms with Crippen molar-refractivity contribution in [2.75, 3.05) is 0 Å². The number of fused-ring (bicyclic) bond motifs is 1. The first-order chi connectivity index (χ1) is 10.5. The standard InChI is InChI=1S/C17H16ClN3O/c1-10(2)21-16-14(5-4-8-19-16)20-15(17(21)22)13-7-6-12(18)9-11(13)3/h4-10H,1-3H3. The highest BCUT2D eigenvalue weighted by Gasteiger charge is 2.16. The number of aromatic nitrogens is 3. The average Bonchev–Trinajstić information content (AvgIpc) is 2.46. The highest BCUT2D eigenvalue weighted by atomic mass is 35.5. The van der Waals surface area contributed by atoms with Crippen molar-refractivity contribution in [3.05, 3.63) is 57.5 Å². The molecule has 22 heavy (non-hydrogen) atoms. The summed E-state index contributed by atoms with van der Waals surface area (Å²) in [6.45, 7) is 5.86. The van der Waals surface area contributed by atoms with E-state index in [1.807, 2.05) is 45.0 Å². The third kappa shape index (κ3) is 2.40. The Balaban J connectivity index is 2.40. The van der Waals surface area contributed by atoms with Gasteiger partial charge in [-0.25, -0.2) is 9.97 Å². The fourth-order valence-corrected chi connectivity index (χ4v) is 2.81. The Morgan fingerprint density at radius 3 is 2.68 bits per heavy atom. The summed E-state index contributed by atoms with van der Waals surface area (Å²) in [5.41, 5.74) is 3.35. The lowest BCUT2D eigenvalue weighted by Gasteiger charge is -2.15. The van der Waals surface area contributed by atoms with Gasteiger partial charge in [-0.05, 0) is 50.6 Å². The summed E-state index contributed by atoms with van der Waals surface area (Å²) in [7, 11) is 0. The molecule has 0 aliphatic carbocycles. The number of pyridine rings is 1. The van der Waals surface area contributed by atoms with Gasteiger partial charge in [0.25, 0.3) is 5.56 Å². The van der Waals surface area contributed by atoms with Crippen LogP contribution in [0.4, 0.5) is 0 Å². The largest absolute Gasteiger partial charge is 0.287 e. The van der Waals surface area contributed by atoms with Crippen molar-refractivity contribution < 1.29 is 0 Å². The first-order valence-corrected chi connectivity index (χ1v) is 7.50. The Kier molecular flexibility index (Phi) is 3.71. The van der Waals surface area contributed by atoms with Gasteiger partial charge in [-0.1, -0.05) is 17.7 Å². The molecule has 0 radical (unpaired) electrons. The van der Waals surface area contributed by atoms with Crippen molar-refractivity contribution in [3.63, 3.8) is 0 Å². The molecule has 112 valence electrons. The molecular weight excluding hydrogens is 298 g/mol. The summed E-state index contributed by atoms with van der Waals surface area (Å²) in [5.74, 6) is 0. The quantitative estimate of drug-likeness (QED) is 0.718. The number of aryl methyl sites for hydroxylation is 1. The maximum atomic E-state index is 12.9. The van der Waals surface area contributed by atoms with Gasteiger partial charge >= 0.3 is 0 Å². The fourth-order valence-electron chi connectivity index (χ4n) is 2.59. The van der Waals surface area contributed by atoms with E-state index in [2.05, 4.69) is 9.97 Å². The number of hydrogen-bond donors (Lipinski definition) is 0. The van der Waals surface area contributed by atoms with Crippen molar-refractivity contribution in [3.8, 4) is 11.3 Å². The van der Waals surface area contributed by atoms with Crippen molar-refractivity contribution in [2.24, 2.45) is 0 Å². The van der Waals surface area contributed by atoms with Crippen LogP contribution >= 0.6 is 11.6 Å². The molecule has 0 amide bonds. The van der Waals surface area contributed by atoms with Gasteiger partial charge in [0.05, 0.1) is 0 Å². The lowest BCUT2D eigenvalue weighted by Crippen LogP contribution is -2.26. The zero-order valence-corrected chi connectivity index (χ0v) is 13.4. The van der Waals surface area contributed by atoms with E-state index in [-0.39, 0.29) is 11.6 Å². The molecule has 0 N–H and O–H groups in total. The third-order valence-corrected chi connectivity index (χ3v) is 3.84. The number of rotatable bonds is 2. The van der Waals surface area contributed by atoms with Crippen LogP contribution in [-0.2, 0) is 0 Å². The maximum Gasteiger partial charge on any atom is 0.278 e. The molecular formula is C17H16ClN3O. The third-order valence-electron chi connectivity index (χ3n) is 3.61. The van der Waals surface area contributed by atoms with Crippen LogP contribution in [0.25, 0.3) is 22.4 Å². The second-order valence-corrected chi connectivity index (χ2v) is 5.97. The van der Waals surface area contributed by atoms with Crippen LogP contribution in [0.1, 0.15) is 25.5 Å². The molecule has 1 aromatic carbocycles. The summed E-state index contributed by atoms with van der Waals surface area (Å²) in [6.07, 6.45) is 1.68. The molecule has 0 saturated heterocycles. The van der Waals surface area contributed by atoms with Crippen molar-refractivity contribution in [2.45, 2.75) is 26.8 Å². The molecule has 5 heteroatoms. The first-order valence-electron chi connectivity index (χ1n) is 7.13. The Labute approximate surface area is 133 Å². The summed E-state index contributed by atoms with van der Waals surface area (Å²) < 4.78 is 1.69. The molecule has 0 aliphatic heterocycles. The number of benzene rings is 1. The van der Waals surface area contributed by atoms with Gasteiger partial charge in [0.2, 0.25) is 0 Å². The number of hydrogen-bond acceptors (Lipinski definition) is 3. The van der Waals surface area contributed by atoms with Crippen molar-refractivity contribution >= 4 is 22.8 Å². The molecule has 0 aliphatic rings. The van der Waals surface area contributed by atoms with Crippen LogP contribution in [0.2, 0.25) is 5.02 Å². The van der Waals surface area contributed by atoms with Crippen LogP contribution < -0.4 is 5.56 Å². The predicted molar refractivity (Wildman–Crippen MR) is 89.4 cm³/mol. The number of halogens is 1. The Bertz CT molecular complexity index is 915. The van der Waals surface area contributed by atoms with Gasteiger partial charge in [0.15, 0.2) is 5.65 Å². The van der Waals surface area contributed by atoms with Crippen molar-refractivity contribution in [1.82, 2.24) is 14.5 Å². The fraction of sp³-hybridized carbons (Fsp3) is 0.235. The number of nitrogens with zero attached hydrogens (tertiary/aromatic N) is 3. The highest BCUT2D eigenvalue weighted by molar-refractivity contribution is 6.30. The zero-order valence-electron chi connectivity index (χ0n) is 12.7. The molecule has 3 aromatic rings. The van der Waals surface area contributed by atoms with E-state index in [9.17, 15) is 4.79 Å². The summed E-state index contributed by atoms with van der Waals surface area (Å²) in [4.78, 5) is 21.7. The molecule has 3 rings (SSSR count). The predicted octanol–water partition coefficient (Wildman–Crippen LogP) is 4.00. The second kappa shape index (κ2) is 5.54. The highest BCUT2D eigenvalue weighted by Crippen LogP contribution is 2.24. The van der Waals surface area contributed by atoms with E-state index < -0.39 is 0 Å². The molecule has 0 bridgehead atoms. The zero-order chi connectivity index (χ0) is 15.9.